The van der Waals surface area contributed by atoms with Gasteiger partial charge in [0.2, 0.25) is 0 Å². The number of allylic oxidation sites excluding steroid dienone is 1. The van der Waals surface area contributed by atoms with Gasteiger partial charge in [0.05, 0.1) is 17.3 Å². The topological polar surface area (TPSA) is 46.5 Å². The van der Waals surface area contributed by atoms with Gasteiger partial charge in [-0.2, -0.15) is 0 Å². The zero-order valence-corrected chi connectivity index (χ0v) is 11.6. The summed E-state index contributed by atoms with van der Waals surface area (Å²) in [6.45, 7) is 8.23. The predicted octanol–water partition coefficient (Wildman–Crippen LogP) is 2.23. The predicted molar refractivity (Wildman–Crippen MR) is 68.1 cm³/mol. The van der Waals surface area contributed by atoms with Gasteiger partial charge in [-0.1, -0.05) is 6.92 Å². The standard InChI is InChI=1S/C15H22O3/c1-9-5-10(16)6-14(4)8-12(17)11-7-15(9,14)18-13(11,2)3/h5,11-12,17H,6-8H2,1-4H3/t11-,12+,14+,15+/m0/s1. The van der Waals surface area contributed by atoms with Gasteiger partial charge in [-0.15, -0.1) is 0 Å². The Morgan fingerprint density at radius 3 is 2.67 bits per heavy atom. The highest BCUT2D eigenvalue weighted by molar-refractivity contribution is 5.92. The van der Waals surface area contributed by atoms with Gasteiger partial charge in [-0.25, -0.2) is 0 Å². The highest BCUT2D eigenvalue weighted by Gasteiger charge is 2.67. The van der Waals surface area contributed by atoms with Crippen molar-refractivity contribution in [2.24, 2.45) is 11.3 Å². The van der Waals surface area contributed by atoms with Gasteiger partial charge < -0.3 is 9.84 Å². The van der Waals surface area contributed by atoms with Crippen molar-refractivity contribution in [2.45, 2.75) is 64.3 Å². The number of hydrogen-bond acceptors (Lipinski definition) is 3. The van der Waals surface area contributed by atoms with E-state index in [1.54, 1.807) is 6.08 Å². The fourth-order valence-corrected chi connectivity index (χ4v) is 4.59. The van der Waals surface area contributed by atoms with Crippen LogP contribution < -0.4 is 0 Å². The molecule has 2 fully saturated rings. The van der Waals surface area contributed by atoms with Crippen LogP contribution >= 0.6 is 0 Å². The van der Waals surface area contributed by atoms with Gasteiger partial charge in [-0.05, 0) is 45.3 Å². The van der Waals surface area contributed by atoms with Gasteiger partial charge in [-0.3, -0.25) is 4.79 Å². The molecule has 4 atom stereocenters. The summed E-state index contributed by atoms with van der Waals surface area (Å²) in [5.41, 5.74) is 0.136. The van der Waals surface area contributed by atoms with Crippen LogP contribution in [0.5, 0.6) is 0 Å². The molecule has 18 heavy (non-hydrogen) atoms. The van der Waals surface area contributed by atoms with E-state index in [2.05, 4.69) is 20.8 Å². The van der Waals surface area contributed by atoms with Crippen LogP contribution in [0.25, 0.3) is 0 Å². The largest absolute Gasteiger partial charge is 0.393 e. The van der Waals surface area contributed by atoms with E-state index in [1.165, 1.54) is 0 Å². The summed E-state index contributed by atoms with van der Waals surface area (Å²) < 4.78 is 6.42. The molecule has 1 saturated carbocycles. The molecule has 1 aliphatic heterocycles. The van der Waals surface area contributed by atoms with Crippen molar-refractivity contribution in [2.75, 3.05) is 0 Å². The third-order valence-electron chi connectivity index (χ3n) is 5.52. The summed E-state index contributed by atoms with van der Waals surface area (Å²) in [4.78, 5) is 11.9. The van der Waals surface area contributed by atoms with Crippen LogP contribution in [0.15, 0.2) is 11.6 Å². The molecule has 3 aliphatic rings. The van der Waals surface area contributed by atoms with Gasteiger partial charge >= 0.3 is 0 Å². The second-order valence-electron chi connectivity index (χ2n) is 7.15. The summed E-state index contributed by atoms with van der Waals surface area (Å²) in [7, 11) is 0. The molecule has 0 aromatic heterocycles. The molecule has 3 heteroatoms. The van der Waals surface area contributed by atoms with Crippen LogP contribution in [0.3, 0.4) is 0 Å². The minimum absolute atomic E-state index is 0.166. The SMILES string of the molecule is CC1=CC(=O)C[C@]2(C)C[C@@H](O)[C@@H]3C[C@@]12OC3(C)C. The van der Waals surface area contributed by atoms with Crippen molar-refractivity contribution in [3.05, 3.63) is 11.6 Å². The first kappa shape index (κ1) is 12.4. The number of carbonyl (C=O) groups excluding carboxylic acids is 1. The average Bonchev–Trinajstić information content (AvgIpc) is 2.45. The number of ketones is 1. The number of hydrogen-bond donors (Lipinski definition) is 1. The Morgan fingerprint density at radius 2 is 2.00 bits per heavy atom. The minimum atomic E-state index is -0.362. The summed E-state index contributed by atoms with van der Waals surface area (Å²) >= 11 is 0. The van der Waals surface area contributed by atoms with E-state index in [9.17, 15) is 9.90 Å². The molecular formula is C15H22O3. The molecular weight excluding hydrogens is 228 g/mol. The van der Waals surface area contributed by atoms with Gasteiger partial charge in [0.15, 0.2) is 5.78 Å². The lowest BCUT2D eigenvalue weighted by Crippen LogP contribution is -2.55. The highest BCUT2D eigenvalue weighted by atomic mass is 16.5. The second kappa shape index (κ2) is 3.26. The van der Waals surface area contributed by atoms with E-state index in [0.717, 1.165) is 12.0 Å². The summed E-state index contributed by atoms with van der Waals surface area (Å²) in [5, 5.41) is 10.4. The minimum Gasteiger partial charge on any atom is -0.393 e. The van der Waals surface area contributed by atoms with Crippen LogP contribution in [0.4, 0.5) is 0 Å². The highest BCUT2D eigenvalue weighted by Crippen LogP contribution is 2.63. The summed E-state index contributed by atoms with van der Waals surface area (Å²) in [6, 6.07) is 0. The Labute approximate surface area is 108 Å². The van der Waals surface area contributed by atoms with Crippen LogP contribution in [-0.4, -0.2) is 28.2 Å². The van der Waals surface area contributed by atoms with E-state index in [1.807, 2.05) is 6.92 Å². The number of rotatable bonds is 0. The van der Waals surface area contributed by atoms with Crippen LogP contribution in [0, 0.1) is 11.3 Å². The van der Waals surface area contributed by atoms with Crippen molar-refractivity contribution < 1.29 is 14.6 Å². The molecule has 2 bridgehead atoms. The lowest BCUT2D eigenvalue weighted by Gasteiger charge is -2.52. The van der Waals surface area contributed by atoms with Gasteiger partial charge in [0, 0.05) is 17.8 Å². The van der Waals surface area contributed by atoms with Crippen molar-refractivity contribution in [3.8, 4) is 0 Å². The first-order valence-corrected chi connectivity index (χ1v) is 6.80. The Balaban J connectivity index is 2.16. The molecule has 0 aromatic carbocycles. The number of ether oxygens (including phenoxy) is 1. The van der Waals surface area contributed by atoms with E-state index in [0.29, 0.717) is 12.8 Å². The number of aliphatic hydroxyl groups excluding tert-OH is 1. The fourth-order valence-electron chi connectivity index (χ4n) is 4.59. The van der Waals surface area contributed by atoms with E-state index in [4.69, 9.17) is 4.74 Å². The van der Waals surface area contributed by atoms with Crippen LogP contribution in [0.1, 0.15) is 47.0 Å². The van der Waals surface area contributed by atoms with Crippen LogP contribution in [-0.2, 0) is 9.53 Å². The Morgan fingerprint density at radius 1 is 1.33 bits per heavy atom. The van der Waals surface area contributed by atoms with Crippen molar-refractivity contribution in [1.29, 1.82) is 0 Å². The summed E-state index contributed by atoms with van der Waals surface area (Å²) in [5.74, 6) is 0.335. The van der Waals surface area contributed by atoms with Crippen molar-refractivity contribution in [1.82, 2.24) is 0 Å². The molecule has 1 N–H and O–H groups in total. The zero-order valence-electron chi connectivity index (χ0n) is 11.6. The monoisotopic (exact) mass is 250 g/mol. The van der Waals surface area contributed by atoms with E-state index in [-0.39, 0.29) is 34.4 Å². The Bertz CT molecular complexity index is 451. The maximum absolute atomic E-state index is 11.9. The lowest BCUT2D eigenvalue weighted by atomic mass is 9.55. The molecule has 1 heterocycles. The molecule has 3 rings (SSSR count). The number of fused-ring (bicyclic) bond motifs is 1. The Kier molecular flexibility index (Phi) is 2.24. The summed E-state index contributed by atoms with van der Waals surface area (Å²) in [6.07, 6.45) is 3.38. The first-order chi connectivity index (χ1) is 8.20. The molecule has 0 amide bonds. The second-order valence-corrected chi connectivity index (χ2v) is 7.15. The van der Waals surface area contributed by atoms with Gasteiger partial charge in [0.25, 0.3) is 0 Å². The molecule has 100 valence electrons. The third-order valence-corrected chi connectivity index (χ3v) is 5.52. The lowest BCUT2D eigenvalue weighted by molar-refractivity contribution is -0.145. The van der Waals surface area contributed by atoms with Crippen molar-refractivity contribution in [3.63, 3.8) is 0 Å². The molecule has 0 unspecified atom stereocenters. The van der Waals surface area contributed by atoms with Crippen LogP contribution in [0.2, 0.25) is 0 Å². The zero-order chi connectivity index (χ0) is 13.3. The number of aliphatic hydroxyl groups is 1. The van der Waals surface area contributed by atoms with Crippen molar-refractivity contribution >= 4 is 5.78 Å². The Hall–Kier alpha value is -0.670. The average molecular weight is 250 g/mol. The molecule has 3 nitrogen and oxygen atoms in total. The normalized spacial score (nSPS) is 49.8. The fraction of sp³-hybridized carbons (Fsp3) is 0.800. The van der Waals surface area contributed by atoms with E-state index >= 15 is 0 Å². The van der Waals surface area contributed by atoms with E-state index < -0.39 is 0 Å². The third kappa shape index (κ3) is 1.29. The first-order valence-electron chi connectivity index (χ1n) is 6.80. The number of carbonyl (C=O) groups is 1. The molecule has 0 radical (unpaired) electrons. The molecule has 2 aliphatic carbocycles. The maximum atomic E-state index is 11.9. The maximum Gasteiger partial charge on any atom is 0.156 e. The smallest absolute Gasteiger partial charge is 0.156 e. The molecule has 1 saturated heterocycles. The quantitative estimate of drug-likeness (QED) is 0.717. The molecule has 0 aromatic rings. The molecule has 1 spiro atoms. The van der Waals surface area contributed by atoms with Gasteiger partial charge in [0.1, 0.15) is 0 Å².